The standard InChI is InChI=1S/C24H24F3IN4O3/c1-12(14-6-5-7-17(20(14)25)24(26,27)10-33)29-21-16-9-19-18(8-15(16)13(2)30-31-21)23(3,11-35-28)22(34)32(19)4/h5-9,12,33H,10-11H2,1-4H3,(H,29,31)/t12-,23?/m1/s1. The maximum atomic E-state index is 15.0. The number of anilines is 2. The summed E-state index contributed by atoms with van der Waals surface area (Å²) in [6, 6.07) is 6.63. The molecule has 1 aliphatic heterocycles. The lowest BCUT2D eigenvalue weighted by atomic mass is 9.83. The Bertz CT molecular complexity index is 1320. The lowest BCUT2D eigenvalue weighted by Crippen LogP contribution is -2.39. The number of alkyl halides is 2. The van der Waals surface area contributed by atoms with Crippen LogP contribution in [0.2, 0.25) is 0 Å². The van der Waals surface area contributed by atoms with Gasteiger partial charge in [0.25, 0.3) is 5.92 Å². The number of aliphatic hydroxyl groups is 1. The van der Waals surface area contributed by atoms with Gasteiger partial charge in [-0.1, -0.05) is 12.1 Å². The van der Waals surface area contributed by atoms with E-state index in [1.54, 1.807) is 48.8 Å². The first-order valence-corrected chi connectivity index (χ1v) is 11.7. The molecule has 35 heavy (non-hydrogen) atoms. The second-order valence-electron chi connectivity index (χ2n) is 8.94. The average molecular weight is 600 g/mol. The van der Waals surface area contributed by atoms with E-state index >= 15 is 0 Å². The van der Waals surface area contributed by atoms with E-state index in [0.717, 1.165) is 17.0 Å². The van der Waals surface area contributed by atoms with E-state index < -0.39 is 35.4 Å². The van der Waals surface area contributed by atoms with Gasteiger partial charge in [-0.3, -0.25) is 4.79 Å². The summed E-state index contributed by atoms with van der Waals surface area (Å²) in [4.78, 5) is 14.6. The van der Waals surface area contributed by atoms with Crippen LogP contribution in [-0.4, -0.2) is 41.5 Å². The third-order valence-corrected chi connectivity index (χ3v) is 6.91. The minimum atomic E-state index is -3.71. The number of aliphatic hydroxyl groups excluding tert-OH is 1. The molecule has 1 amide bonds. The Hall–Kier alpha value is -2.51. The molecule has 2 N–H and O–H groups in total. The summed E-state index contributed by atoms with van der Waals surface area (Å²) in [7, 11) is 1.69. The van der Waals surface area contributed by atoms with Crippen LogP contribution in [0.15, 0.2) is 30.3 Å². The molecule has 2 heterocycles. The van der Waals surface area contributed by atoms with Gasteiger partial charge in [0.2, 0.25) is 5.91 Å². The number of likely N-dealkylation sites (N-methyl/N-ethyl adjacent to an activating group) is 1. The molecule has 0 spiro atoms. The van der Waals surface area contributed by atoms with Gasteiger partial charge in [-0.2, -0.15) is 13.9 Å². The van der Waals surface area contributed by atoms with Crippen molar-refractivity contribution in [2.24, 2.45) is 0 Å². The molecule has 0 aliphatic carbocycles. The highest BCUT2D eigenvalue weighted by Crippen LogP contribution is 2.45. The van der Waals surface area contributed by atoms with Crippen LogP contribution >= 0.6 is 23.0 Å². The minimum absolute atomic E-state index is 0.00799. The maximum Gasteiger partial charge on any atom is 0.298 e. The van der Waals surface area contributed by atoms with Crippen molar-refractivity contribution < 1.29 is 26.1 Å². The van der Waals surface area contributed by atoms with Crippen LogP contribution in [0.4, 0.5) is 24.7 Å². The van der Waals surface area contributed by atoms with Crippen LogP contribution in [0.25, 0.3) is 10.8 Å². The minimum Gasteiger partial charge on any atom is -0.390 e. The van der Waals surface area contributed by atoms with E-state index in [9.17, 15) is 18.0 Å². The van der Waals surface area contributed by atoms with Gasteiger partial charge in [-0.05, 0) is 44.5 Å². The molecular formula is C24H24F3IN4O3. The van der Waals surface area contributed by atoms with Gasteiger partial charge < -0.3 is 18.4 Å². The average Bonchev–Trinajstić information content (AvgIpc) is 3.01. The van der Waals surface area contributed by atoms with E-state index in [-0.39, 0.29) is 18.1 Å². The smallest absolute Gasteiger partial charge is 0.298 e. The number of amides is 1. The van der Waals surface area contributed by atoms with Gasteiger partial charge in [0, 0.05) is 29.1 Å². The van der Waals surface area contributed by atoms with E-state index in [2.05, 4.69) is 15.5 Å². The van der Waals surface area contributed by atoms with Gasteiger partial charge in [0.1, 0.15) is 35.4 Å². The number of benzene rings is 2. The summed E-state index contributed by atoms with van der Waals surface area (Å²) in [5, 5.41) is 21.9. The molecule has 0 radical (unpaired) electrons. The number of nitrogens with one attached hydrogen (secondary N) is 1. The summed E-state index contributed by atoms with van der Waals surface area (Å²) >= 11 is 1.77. The highest BCUT2D eigenvalue weighted by Gasteiger charge is 2.46. The number of carbonyl (C=O) groups excluding carboxylic acids is 1. The number of hydrogen-bond acceptors (Lipinski definition) is 6. The monoisotopic (exact) mass is 600 g/mol. The van der Waals surface area contributed by atoms with Gasteiger partial charge in [0.05, 0.1) is 29.3 Å². The number of aromatic nitrogens is 2. The van der Waals surface area contributed by atoms with Crippen molar-refractivity contribution in [1.82, 2.24) is 10.2 Å². The summed E-state index contributed by atoms with van der Waals surface area (Å²) in [6.07, 6.45) is 0. The molecule has 0 saturated carbocycles. The lowest BCUT2D eigenvalue weighted by molar-refractivity contribution is -0.123. The third-order valence-electron chi connectivity index (χ3n) is 6.60. The second kappa shape index (κ2) is 9.17. The highest BCUT2D eigenvalue weighted by atomic mass is 127. The Morgan fingerprint density at radius 3 is 2.66 bits per heavy atom. The molecule has 1 unspecified atom stereocenters. The number of fused-ring (bicyclic) bond motifs is 2. The summed E-state index contributed by atoms with van der Waals surface area (Å²) in [6.45, 7) is 3.93. The first-order chi connectivity index (χ1) is 16.5. The summed E-state index contributed by atoms with van der Waals surface area (Å²) < 4.78 is 48.3. The highest BCUT2D eigenvalue weighted by molar-refractivity contribution is 14.1. The quantitative estimate of drug-likeness (QED) is 0.374. The molecule has 1 aromatic heterocycles. The van der Waals surface area contributed by atoms with Crippen molar-refractivity contribution in [2.45, 2.75) is 38.2 Å². The SMILES string of the molecule is Cc1nnc(N[C@H](C)c2cccc(C(F)(F)CO)c2F)c2cc3c(cc12)C(C)(COI)C(=O)N3C. The fraction of sp³-hybridized carbons (Fsp3) is 0.375. The fourth-order valence-electron chi connectivity index (χ4n) is 4.52. The van der Waals surface area contributed by atoms with E-state index in [1.165, 1.54) is 12.1 Å². The van der Waals surface area contributed by atoms with Crippen LogP contribution < -0.4 is 10.2 Å². The number of carbonyl (C=O) groups is 1. The maximum absolute atomic E-state index is 15.0. The van der Waals surface area contributed by atoms with Crippen molar-refractivity contribution in [3.05, 3.63) is 58.5 Å². The molecule has 4 rings (SSSR count). The van der Waals surface area contributed by atoms with Crippen molar-refractivity contribution >= 4 is 51.2 Å². The largest absolute Gasteiger partial charge is 0.390 e. The molecule has 2 aromatic carbocycles. The molecular weight excluding hydrogens is 576 g/mol. The Kier molecular flexibility index (Phi) is 6.70. The van der Waals surface area contributed by atoms with Gasteiger partial charge in [-0.15, -0.1) is 5.10 Å². The zero-order valence-corrected chi connectivity index (χ0v) is 21.7. The number of hydrogen-bond donors (Lipinski definition) is 2. The molecule has 0 bridgehead atoms. The van der Waals surface area contributed by atoms with Crippen molar-refractivity contribution in [2.75, 3.05) is 30.5 Å². The summed E-state index contributed by atoms with van der Waals surface area (Å²) in [5.41, 5.74) is 0.382. The molecule has 186 valence electrons. The Labute approximate surface area is 214 Å². The number of nitrogens with zero attached hydrogens (tertiary/aromatic N) is 3. The van der Waals surface area contributed by atoms with Crippen molar-refractivity contribution in [3.63, 3.8) is 0 Å². The molecule has 11 heteroatoms. The summed E-state index contributed by atoms with van der Waals surface area (Å²) in [5.74, 6) is -4.59. The zero-order chi connectivity index (χ0) is 25.7. The van der Waals surface area contributed by atoms with Gasteiger partial charge in [0.15, 0.2) is 5.82 Å². The van der Waals surface area contributed by atoms with E-state index in [0.29, 0.717) is 22.6 Å². The molecule has 7 nitrogen and oxygen atoms in total. The topological polar surface area (TPSA) is 87.6 Å². The Balaban J connectivity index is 1.80. The van der Waals surface area contributed by atoms with Crippen LogP contribution in [-0.2, 0) is 19.2 Å². The van der Waals surface area contributed by atoms with Crippen LogP contribution in [0, 0.1) is 12.7 Å². The van der Waals surface area contributed by atoms with Crippen LogP contribution in [0.3, 0.4) is 0 Å². The lowest BCUT2D eigenvalue weighted by Gasteiger charge is -2.22. The Morgan fingerprint density at radius 2 is 2.00 bits per heavy atom. The fourth-order valence-corrected chi connectivity index (χ4v) is 5.14. The normalized spacial score (nSPS) is 18.8. The Morgan fingerprint density at radius 1 is 1.29 bits per heavy atom. The zero-order valence-electron chi connectivity index (χ0n) is 19.5. The predicted octanol–water partition coefficient (Wildman–Crippen LogP) is 4.94. The van der Waals surface area contributed by atoms with Crippen molar-refractivity contribution in [1.29, 1.82) is 0 Å². The first-order valence-electron chi connectivity index (χ1n) is 10.8. The van der Waals surface area contributed by atoms with E-state index in [1.807, 2.05) is 19.1 Å². The first kappa shape index (κ1) is 25.6. The van der Waals surface area contributed by atoms with Crippen LogP contribution in [0.1, 0.15) is 42.3 Å². The molecule has 0 fully saturated rings. The molecule has 0 saturated heterocycles. The van der Waals surface area contributed by atoms with Crippen LogP contribution in [0.5, 0.6) is 0 Å². The number of rotatable bonds is 7. The van der Waals surface area contributed by atoms with Crippen molar-refractivity contribution in [3.8, 4) is 0 Å². The molecule has 1 aliphatic rings. The number of aryl methyl sites for hydroxylation is 1. The predicted molar refractivity (Wildman–Crippen MR) is 134 cm³/mol. The number of halogens is 4. The second-order valence-corrected chi connectivity index (χ2v) is 9.56. The molecule has 3 aromatic rings. The van der Waals surface area contributed by atoms with E-state index in [4.69, 9.17) is 8.17 Å². The van der Waals surface area contributed by atoms with Gasteiger partial charge in [-0.25, -0.2) is 4.39 Å². The molecule has 2 atom stereocenters. The van der Waals surface area contributed by atoms with Gasteiger partial charge >= 0.3 is 0 Å². The third kappa shape index (κ3) is 4.12.